The minimum atomic E-state index is -0.0919. The number of nitrogens with two attached hydrogens (primary N) is 1. The van der Waals surface area contributed by atoms with E-state index in [1.807, 2.05) is 36.4 Å². The number of hydrogen-bond donors (Lipinski definition) is 2. The third-order valence-corrected chi connectivity index (χ3v) is 2.25. The highest BCUT2D eigenvalue weighted by Gasteiger charge is 2.04. The van der Waals surface area contributed by atoms with E-state index in [9.17, 15) is 4.79 Å². The fourth-order valence-corrected chi connectivity index (χ4v) is 1.66. The zero-order valence-corrected chi connectivity index (χ0v) is 8.45. The number of carbonyl (C=O) groups excluding carboxylic acids is 1. The van der Waals surface area contributed by atoms with Gasteiger partial charge in [0.25, 0.3) is 0 Å². The van der Waals surface area contributed by atoms with Crippen molar-refractivity contribution in [1.29, 1.82) is 0 Å². The van der Waals surface area contributed by atoms with Gasteiger partial charge in [-0.25, -0.2) is 0 Å². The summed E-state index contributed by atoms with van der Waals surface area (Å²) in [7, 11) is 0. The zero-order chi connectivity index (χ0) is 10.8. The van der Waals surface area contributed by atoms with Crippen molar-refractivity contribution >= 4 is 28.1 Å². The summed E-state index contributed by atoms with van der Waals surface area (Å²) in [5.41, 5.74) is 7.32. The number of amides is 1. The molecule has 3 N–H and O–H groups in total. The molecular weight excluding hydrogens is 188 g/mol. The molecule has 3 nitrogen and oxygen atoms in total. The highest BCUT2D eigenvalue weighted by Crippen LogP contribution is 2.28. The van der Waals surface area contributed by atoms with Crippen molar-refractivity contribution in [2.24, 2.45) is 0 Å². The molecule has 0 radical (unpaired) electrons. The highest BCUT2D eigenvalue weighted by molar-refractivity contribution is 6.06. The first kappa shape index (κ1) is 9.52. The van der Waals surface area contributed by atoms with Gasteiger partial charge in [-0.1, -0.05) is 24.3 Å². The maximum Gasteiger partial charge on any atom is 0.221 e. The molecule has 0 aliphatic carbocycles. The van der Waals surface area contributed by atoms with E-state index in [0.717, 1.165) is 16.5 Å². The third-order valence-electron chi connectivity index (χ3n) is 2.25. The summed E-state index contributed by atoms with van der Waals surface area (Å²) >= 11 is 0. The molecule has 0 bridgehead atoms. The molecule has 1 amide bonds. The SMILES string of the molecule is CC(=O)Nc1cccc2cccc(N)c12. The lowest BCUT2D eigenvalue weighted by atomic mass is 10.1. The highest BCUT2D eigenvalue weighted by atomic mass is 16.1. The van der Waals surface area contributed by atoms with E-state index in [1.165, 1.54) is 6.92 Å². The van der Waals surface area contributed by atoms with E-state index in [4.69, 9.17) is 5.73 Å². The van der Waals surface area contributed by atoms with Crippen molar-refractivity contribution in [2.45, 2.75) is 6.92 Å². The van der Waals surface area contributed by atoms with Crippen LogP contribution in [0.4, 0.5) is 11.4 Å². The Kier molecular flexibility index (Phi) is 2.29. The van der Waals surface area contributed by atoms with E-state index >= 15 is 0 Å². The molecule has 2 aromatic carbocycles. The molecule has 76 valence electrons. The normalized spacial score (nSPS) is 10.2. The minimum Gasteiger partial charge on any atom is -0.398 e. The molecule has 0 aliphatic heterocycles. The van der Waals surface area contributed by atoms with Gasteiger partial charge in [-0.2, -0.15) is 0 Å². The Balaban J connectivity index is 2.68. The van der Waals surface area contributed by atoms with E-state index < -0.39 is 0 Å². The molecule has 2 rings (SSSR count). The second-order valence-electron chi connectivity index (χ2n) is 3.43. The van der Waals surface area contributed by atoms with Gasteiger partial charge in [-0.05, 0) is 17.5 Å². The smallest absolute Gasteiger partial charge is 0.221 e. The van der Waals surface area contributed by atoms with Crippen LogP contribution in [0.1, 0.15) is 6.92 Å². The lowest BCUT2D eigenvalue weighted by molar-refractivity contribution is -0.114. The van der Waals surface area contributed by atoms with E-state index in [1.54, 1.807) is 0 Å². The molecule has 3 heteroatoms. The van der Waals surface area contributed by atoms with Crippen molar-refractivity contribution in [2.75, 3.05) is 11.1 Å². The van der Waals surface area contributed by atoms with Gasteiger partial charge >= 0.3 is 0 Å². The molecule has 0 aromatic heterocycles. The molecule has 0 unspecified atom stereocenters. The van der Waals surface area contributed by atoms with Crippen LogP contribution in [0.25, 0.3) is 10.8 Å². The van der Waals surface area contributed by atoms with Gasteiger partial charge in [-0.3, -0.25) is 4.79 Å². The lowest BCUT2D eigenvalue weighted by Gasteiger charge is -2.08. The predicted molar refractivity (Wildman–Crippen MR) is 62.7 cm³/mol. The molecule has 0 saturated carbocycles. The van der Waals surface area contributed by atoms with Gasteiger partial charge in [0.05, 0.1) is 5.69 Å². The molecule has 2 aromatic rings. The molecular formula is C12H12N2O. The fraction of sp³-hybridized carbons (Fsp3) is 0.0833. The first-order valence-electron chi connectivity index (χ1n) is 4.73. The number of benzene rings is 2. The average molecular weight is 200 g/mol. The Morgan fingerprint density at radius 2 is 1.87 bits per heavy atom. The van der Waals surface area contributed by atoms with Crippen LogP contribution in [0.15, 0.2) is 36.4 Å². The monoisotopic (exact) mass is 200 g/mol. The summed E-state index contributed by atoms with van der Waals surface area (Å²) in [6.07, 6.45) is 0. The predicted octanol–water partition coefficient (Wildman–Crippen LogP) is 2.38. The van der Waals surface area contributed by atoms with Crippen LogP contribution < -0.4 is 11.1 Å². The Morgan fingerprint density at radius 1 is 1.20 bits per heavy atom. The summed E-state index contributed by atoms with van der Waals surface area (Å²) in [5.74, 6) is -0.0919. The van der Waals surface area contributed by atoms with Crippen molar-refractivity contribution in [3.63, 3.8) is 0 Å². The number of fused-ring (bicyclic) bond motifs is 1. The van der Waals surface area contributed by atoms with Gasteiger partial charge in [0.1, 0.15) is 0 Å². The fourth-order valence-electron chi connectivity index (χ4n) is 1.66. The van der Waals surface area contributed by atoms with Crippen molar-refractivity contribution in [3.05, 3.63) is 36.4 Å². The Hall–Kier alpha value is -2.03. The van der Waals surface area contributed by atoms with E-state index in [2.05, 4.69) is 5.32 Å². The van der Waals surface area contributed by atoms with Crippen LogP contribution in [0, 0.1) is 0 Å². The number of carbonyl (C=O) groups is 1. The molecule has 0 aliphatic rings. The number of anilines is 2. The summed E-state index contributed by atoms with van der Waals surface area (Å²) in [4.78, 5) is 11.0. The van der Waals surface area contributed by atoms with Crippen LogP contribution in [0.3, 0.4) is 0 Å². The van der Waals surface area contributed by atoms with Crippen molar-refractivity contribution < 1.29 is 4.79 Å². The lowest BCUT2D eigenvalue weighted by Crippen LogP contribution is -2.06. The molecule has 0 spiro atoms. The van der Waals surface area contributed by atoms with Crippen LogP contribution in [-0.2, 0) is 4.79 Å². The average Bonchev–Trinajstić information content (AvgIpc) is 2.17. The largest absolute Gasteiger partial charge is 0.398 e. The van der Waals surface area contributed by atoms with Crippen LogP contribution >= 0.6 is 0 Å². The Bertz CT molecular complexity index is 515. The summed E-state index contributed by atoms with van der Waals surface area (Å²) < 4.78 is 0. The maximum absolute atomic E-state index is 11.0. The van der Waals surface area contributed by atoms with Crippen molar-refractivity contribution in [1.82, 2.24) is 0 Å². The van der Waals surface area contributed by atoms with E-state index in [0.29, 0.717) is 5.69 Å². The van der Waals surface area contributed by atoms with Gasteiger partial charge < -0.3 is 11.1 Å². The Morgan fingerprint density at radius 3 is 2.53 bits per heavy atom. The van der Waals surface area contributed by atoms with Gasteiger partial charge in [0, 0.05) is 18.0 Å². The number of nitrogen functional groups attached to an aromatic ring is 1. The number of hydrogen-bond acceptors (Lipinski definition) is 2. The number of rotatable bonds is 1. The van der Waals surface area contributed by atoms with Crippen LogP contribution in [0.5, 0.6) is 0 Å². The summed E-state index contributed by atoms with van der Waals surface area (Å²) in [6.45, 7) is 1.48. The standard InChI is InChI=1S/C12H12N2O/c1-8(15)14-11-7-3-5-9-4-2-6-10(13)12(9)11/h2-7H,13H2,1H3,(H,14,15). The second-order valence-corrected chi connectivity index (χ2v) is 3.43. The molecule has 0 fully saturated rings. The molecule has 15 heavy (non-hydrogen) atoms. The van der Waals surface area contributed by atoms with Gasteiger partial charge in [0.2, 0.25) is 5.91 Å². The maximum atomic E-state index is 11.0. The second kappa shape index (κ2) is 3.61. The number of nitrogens with one attached hydrogen (secondary N) is 1. The molecule has 0 saturated heterocycles. The summed E-state index contributed by atoms with van der Waals surface area (Å²) in [6, 6.07) is 11.4. The van der Waals surface area contributed by atoms with Gasteiger partial charge in [-0.15, -0.1) is 0 Å². The quantitative estimate of drug-likeness (QED) is 0.694. The Labute approximate surface area is 87.9 Å². The van der Waals surface area contributed by atoms with Crippen LogP contribution in [0.2, 0.25) is 0 Å². The zero-order valence-electron chi connectivity index (χ0n) is 8.45. The first-order chi connectivity index (χ1) is 7.18. The first-order valence-corrected chi connectivity index (χ1v) is 4.73. The third kappa shape index (κ3) is 1.76. The van der Waals surface area contributed by atoms with Crippen molar-refractivity contribution in [3.8, 4) is 0 Å². The molecule has 0 atom stereocenters. The topological polar surface area (TPSA) is 55.1 Å². The van der Waals surface area contributed by atoms with Crippen LogP contribution in [-0.4, -0.2) is 5.91 Å². The minimum absolute atomic E-state index is 0.0919. The summed E-state index contributed by atoms with van der Waals surface area (Å²) in [5, 5.41) is 4.70. The van der Waals surface area contributed by atoms with Gasteiger partial charge in [0.15, 0.2) is 0 Å². The molecule has 0 heterocycles. The van der Waals surface area contributed by atoms with E-state index in [-0.39, 0.29) is 5.91 Å².